The molecule has 0 saturated carbocycles. The van der Waals surface area contributed by atoms with E-state index in [9.17, 15) is 13.2 Å². The van der Waals surface area contributed by atoms with Crippen molar-refractivity contribution in [3.63, 3.8) is 0 Å². The summed E-state index contributed by atoms with van der Waals surface area (Å²) >= 11 is 0. The van der Waals surface area contributed by atoms with Crippen LogP contribution >= 0.6 is 0 Å². The number of nitrogens with two attached hydrogens (primary N) is 1. The lowest BCUT2D eigenvalue weighted by Crippen LogP contribution is -2.39. The van der Waals surface area contributed by atoms with Gasteiger partial charge in [-0.25, -0.2) is 4.98 Å². The van der Waals surface area contributed by atoms with E-state index in [0.29, 0.717) is 26.2 Å². The molecule has 2 rings (SSSR count). The van der Waals surface area contributed by atoms with Crippen LogP contribution < -0.4 is 11.1 Å². The van der Waals surface area contributed by atoms with Crippen LogP contribution in [0.3, 0.4) is 0 Å². The fourth-order valence-electron chi connectivity index (χ4n) is 2.02. The Morgan fingerprint density at radius 1 is 1.50 bits per heavy atom. The number of pyridine rings is 1. The van der Waals surface area contributed by atoms with Crippen molar-refractivity contribution < 1.29 is 22.6 Å². The first kappa shape index (κ1) is 14.9. The molecule has 1 aliphatic rings. The lowest BCUT2D eigenvalue weighted by Gasteiger charge is -2.26. The maximum absolute atomic E-state index is 12.7. The minimum Gasteiger partial charge on any atom is -0.384 e. The van der Waals surface area contributed by atoms with Crippen molar-refractivity contribution >= 4 is 11.6 Å². The molecule has 0 bridgehead atoms. The fraction of sp³-hybridized carbons (Fsp3) is 0.583. The van der Waals surface area contributed by atoms with E-state index in [0.717, 1.165) is 12.1 Å². The zero-order chi connectivity index (χ0) is 14.8. The molecular formula is C12H16F3N3O2. The number of halogens is 3. The van der Waals surface area contributed by atoms with E-state index in [1.54, 1.807) is 7.11 Å². The zero-order valence-corrected chi connectivity index (χ0v) is 11.0. The molecule has 1 aromatic heterocycles. The summed E-state index contributed by atoms with van der Waals surface area (Å²) < 4.78 is 48.7. The molecule has 1 atom stereocenters. The Hall–Kier alpha value is -1.54. The number of alkyl halides is 3. The SMILES string of the molecule is COC1(CNc2cc(C(F)(F)F)cc(N)n2)CCOC1. The molecule has 0 aromatic carbocycles. The number of rotatable bonds is 4. The van der Waals surface area contributed by atoms with Crippen LogP contribution in [0.4, 0.5) is 24.8 Å². The molecule has 1 saturated heterocycles. The van der Waals surface area contributed by atoms with Gasteiger partial charge in [-0.1, -0.05) is 0 Å². The van der Waals surface area contributed by atoms with Crippen molar-refractivity contribution in [2.24, 2.45) is 0 Å². The van der Waals surface area contributed by atoms with Gasteiger partial charge in [0, 0.05) is 26.7 Å². The van der Waals surface area contributed by atoms with Crippen LogP contribution in [-0.4, -0.2) is 37.5 Å². The van der Waals surface area contributed by atoms with E-state index in [1.165, 1.54) is 0 Å². The topological polar surface area (TPSA) is 69.4 Å². The minimum atomic E-state index is -4.46. The lowest BCUT2D eigenvalue weighted by molar-refractivity contribution is -0.137. The Bertz CT molecular complexity index is 474. The van der Waals surface area contributed by atoms with Crippen LogP contribution in [0.5, 0.6) is 0 Å². The minimum absolute atomic E-state index is 0.0700. The molecule has 0 amide bonds. The molecule has 112 valence electrons. The molecule has 8 heteroatoms. The number of nitrogen functional groups attached to an aromatic ring is 1. The third-order valence-electron chi connectivity index (χ3n) is 3.26. The second-order valence-electron chi connectivity index (χ2n) is 4.71. The normalized spacial score (nSPS) is 23.0. The molecule has 1 fully saturated rings. The highest BCUT2D eigenvalue weighted by molar-refractivity contribution is 5.47. The highest BCUT2D eigenvalue weighted by Crippen LogP contribution is 2.32. The molecule has 1 aromatic rings. The Balaban J connectivity index is 2.11. The highest BCUT2D eigenvalue weighted by Gasteiger charge is 2.35. The summed E-state index contributed by atoms with van der Waals surface area (Å²) in [6.45, 7) is 1.26. The van der Waals surface area contributed by atoms with Crippen molar-refractivity contribution in [2.75, 3.05) is 37.9 Å². The number of methoxy groups -OCH3 is 1. The van der Waals surface area contributed by atoms with Crippen molar-refractivity contribution in [3.8, 4) is 0 Å². The van der Waals surface area contributed by atoms with Crippen LogP contribution in [-0.2, 0) is 15.7 Å². The predicted molar refractivity (Wildman–Crippen MR) is 67.3 cm³/mol. The summed E-state index contributed by atoms with van der Waals surface area (Å²) in [4.78, 5) is 3.84. The second-order valence-corrected chi connectivity index (χ2v) is 4.71. The smallest absolute Gasteiger partial charge is 0.384 e. The van der Waals surface area contributed by atoms with E-state index < -0.39 is 17.3 Å². The van der Waals surface area contributed by atoms with Gasteiger partial charge < -0.3 is 20.5 Å². The molecule has 20 heavy (non-hydrogen) atoms. The number of nitrogens with one attached hydrogen (secondary N) is 1. The van der Waals surface area contributed by atoms with Crippen LogP contribution in [0.1, 0.15) is 12.0 Å². The van der Waals surface area contributed by atoms with Gasteiger partial charge in [-0.3, -0.25) is 0 Å². The molecular weight excluding hydrogens is 275 g/mol. The molecule has 0 aliphatic carbocycles. The van der Waals surface area contributed by atoms with Crippen molar-refractivity contribution in [2.45, 2.75) is 18.2 Å². The molecule has 5 nitrogen and oxygen atoms in total. The Kier molecular flexibility index (Phi) is 4.05. The average Bonchev–Trinajstić information content (AvgIpc) is 2.84. The summed E-state index contributed by atoms with van der Waals surface area (Å²) in [5, 5.41) is 2.84. The number of hydrogen-bond donors (Lipinski definition) is 2. The van der Waals surface area contributed by atoms with Crippen LogP contribution in [0.15, 0.2) is 12.1 Å². The molecule has 0 spiro atoms. The standard InChI is InChI=1S/C12H16F3N3O2/c1-19-11(2-3-20-7-11)6-17-10-5-8(12(13,14)15)4-9(16)18-10/h4-5H,2-3,6-7H2,1H3,(H3,16,17,18). The van der Waals surface area contributed by atoms with E-state index in [2.05, 4.69) is 10.3 Å². The monoisotopic (exact) mass is 291 g/mol. The van der Waals surface area contributed by atoms with E-state index in [4.69, 9.17) is 15.2 Å². The first-order valence-corrected chi connectivity index (χ1v) is 6.06. The number of nitrogens with zero attached hydrogens (tertiary/aromatic N) is 1. The predicted octanol–water partition coefficient (Wildman–Crippen LogP) is 1.90. The van der Waals surface area contributed by atoms with Crippen molar-refractivity contribution in [1.82, 2.24) is 4.98 Å². The van der Waals surface area contributed by atoms with E-state index >= 15 is 0 Å². The molecule has 3 N–H and O–H groups in total. The first-order chi connectivity index (χ1) is 9.35. The maximum atomic E-state index is 12.7. The van der Waals surface area contributed by atoms with E-state index in [-0.39, 0.29) is 11.6 Å². The van der Waals surface area contributed by atoms with Gasteiger partial charge in [0.2, 0.25) is 0 Å². The Labute approximate surface area is 114 Å². The number of hydrogen-bond acceptors (Lipinski definition) is 5. The Morgan fingerprint density at radius 2 is 2.25 bits per heavy atom. The number of aromatic nitrogens is 1. The molecule has 0 radical (unpaired) electrons. The van der Waals surface area contributed by atoms with Crippen LogP contribution in [0.2, 0.25) is 0 Å². The lowest BCUT2D eigenvalue weighted by atomic mass is 10.0. The Morgan fingerprint density at radius 3 is 2.80 bits per heavy atom. The van der Waals surface area contributed by atoms with Crippen LogP contribution in [0, 0.1) is 0 Å². The van der Waals surface area contributed by atoms with Gasteiger partial charge in [-0.05, 0) is 12.1 Å². The molecule has 1 aliphatic heterocycles. The van der Waals surface area contributed by atoms with Gasteiger partial charge in [0.25, 0.3) is 0 Å². The van der Waals surface area contributed by atoms with E-state index in [1.807, 2.05) is 0 Å². The highest BCUT2D eigenvalue weighted by atomic mass is 19.4. The van der Waals surface area contributed by atoms with Gasteiger partial charge in [0.15, 0.2) is 0 Å². The largest absolute Gasteiger partial charge is 0.416 e. The maximum Gasteiger partial charge on any atom is 0.416 e. The molecule has 1 unspecified atom stereocenters. The zero-order valence-electron chi connectivity index (χ0n) is 11.0. The van der Waals surface area contributed by atoms with Crippen molar-refractivity contribution in [1.29, 1.82) is 0 Å². The summed E-state index contributed by atoms with van der Waals surface area (Å²) in [5.41, 5.74) is 4.03. The summed E-state index contributed by atoms with van der Waals surface area (Å²) in [5.74, 6) is -0.114. The van der Waals surface area contributed by atoms with Crippen molar-refractivity contribution in [3.05, 3.63) is 17.7 Å². The number of ether oxygens (including phenoxy) is 2. The van der Waals surface area contributed by atoms with Gasteiger partial charge >= 0.3 is 6.18 Å². The molecule has 2 heterocycles. The van der Waals surface area contributed by atoms with Gasteiger partial charge in [-0.2, -0.15) is 13.2 Å². The summed E-state index contributed by atoms with van der Waals surface area (Å²) in [6.07, 6.45) is -3.78. The number of anilines is 2. The third-order valence-corrected chi connectivity index (χ3v) is 3.26. The average molecular weight is 291 g/mol. The second kappa shape index (κ2) is 5.45. The van der Waals surface area contributed by atoms with Crippen LogP contribution in [0.25, 0.3) is 0 Å². The fourth-order valence-corrected chi connectivity index (χ4v) is 2.02. The first-order valence-electron chi connectivity index (χ1n) is 6.06. The van der Waals surface area contributed by atoms with Gasteiger partial charge in [0.1, 0.15) is 17.2 Å². The van der Waals surface area contributed by atoms with Gasteiger partial charge in [-0.15, -0.1) is 0 Å². The summed E-state index contributed by atoms with van der Waals surface area (Å²) in [7, 11) is 1.55. The third kappa shape index (κ3) is 3.31. The summed E-state index contributed by atoms with van der Waals surface area (Å²) in [6, 6.07) is 1.73. The quantitative estimate of drug-likeness (QED) is 0.886. The van der Waals surface area contributed by atoms with Gasteiger partial charge in [0.05, 0.1) is 12.2 Å².